The Labute approximate surface area is 114 Å². The van der Waals surface area contributed by atoms with Crippen molar-refractivity contribution in [1.29, 1.82) is 0 Å². The first-order valence-electron chi connectivity index (χ1n) is 5.61. The molecule has 4 nitrogen and oxygen atoms in total. The van der Waals surface area contributed by atoms with Crippen molar-refractivity contribution in [3.63, 3.8) is 0 Å². The van der Waals surface area contributed by atoms with Crippen molar-refractivity contribution in [3.05, 3.63) is 15.9 Å². The van der Waals surface area contributed by atoms with Gasteiger partial charge in [0.2, 0.25) is 0 Å². The Morgan fingerprint density at radius 2 is 2.29 bits per heavy atom. The molecule has 0 aliphatic rings. The molecular weight excluding hydrogens is 304 g/mol. The highest BCUT2D eigenvalue weighted by molar-refractivity contribution is 9.10. The number of thioether (sulfide) groups is 1. The molecule has 0 saturated carbocycles. The van der Waals surface area contributed by atoms with Crippen molar-refractivity contribution in [3.8, 4) is 0 Å². The lowest BCUT2D eigenvalue weighted by Gasteiger charge is -2.04. The fraction of sp³-hybridized carbons (Fsp3) is 0.636. The van der Waals surface area contributed by atoms with Gasteiger partial charge in [0.15, 0.2) is 4.60 Å². The smallest absolute Gasteiger partial charge is 0.153 e. The zero-order valence-corrected chi connectivity index (χ0v) is 12.7. The van der Waals surface area contributed by atoms with Crippen LogP contribution in [0.2, 0.25) is 0 Å². The van der Waals surface area contributed by atoms with Crippen molar-refractivity contribution >= 4 is 32.7 Å². The summed E-state index contributed by atoms with van der Waals surface area (Å²) in [5.74, 6) is 1.64. The van der Waals surface area contributed by atoms with Gasteiger partial charge in [-0.3, -0.25) is 0 Å². The molecule has 0 N–H and O–H groups in total. The Balaban J connectivity index is 2.57. The summed E-state index contributed by atoms with van der Waals surface area (Å²) in [5, 5.41) is 8.98. The van der Waals surface area contributed by atoms with Gasteiger partial charge < -0.3 is 9.36 Å². The molecule has 17 heavy (non-hydrogen) atoms. The van der Waals surface area contributed by atoms with Gasteiger partial charge >= 0.3 is 0 Å². The van der Waals surface area contributed by atoms with Gasteiger partial charge in [-0.25, -0.2) is 0 Å². The monoisotopic (exact) mass is 320 g/mol. The predicted molar refractivity (Wildman–Crippen MR) is 74.2 cm³/mol. The maximum absolute atomic E-state index is 5.09. The Kier molecular flexibility index (Phi) is 6.65. The molecule has 6 heteroatoms. The molecule has 1 aromatic rings. The molecule has 0 radical (unpaired) electrons. The van der Waals surface area contributed by atoms with E-state index in [1.807, 2.05) is 13.8 Å². The minimum atomic E-state index is 0.601. The summed E-state index contributed by atoms with van der Waals surface area (Å²) in [6.07, 6.45) is 2.00. The topological polar surface area (TPSA) is 47.6 Å². The summed E-state index contributed by atoms with van der Waals surface area (Å²) >= 11 is 5.04. The van der Waals surface area contributed by atoms with Crippen LogP contribution in [-0.2, 0) is 10.6 Å². The highest BCUT2D eigenvalue weighted by Crippen LogP contribution is 2.25. The van der Waals surface area contributed by atoms with Gasteiger partial charge in [0.05, 0.1) is 0 Å². The zero-order chi connectivity index (χ0) is 12.7. The fourth-order valence-electron chi connectivity index (χ4n) is 1.18. The van der Waals surface area contributed by atoms with Gasteiger partial charge in [0, 0.05) is 11.3 Å². The number of aryl methyl sites for hydroxylation is 1. The van der Waals surface area contributed by atoms with Crippen LogP contribution in [0.3, 0.4) is 0 Å². The molecule has 0 aliphatic carbocycles. The number of hydrogen-bond acceptors (Lipinski definition) is 5. The number of oxime groups is 1. The molecule has 0 saturated heterocycles. The van der Waals surface area contributed by atoms with Crippen molar-refractivity contribution in [2.24, 2.45) is 5.16 Å². The lowest BCUT2D eigenvalue weighted by Crippen LogP contribution is -1.96. The number of rotatable bonds is 6. The van der Waals surface area contributed by atoms with Crippen molar-refractivity contribution in [2.45, 2.75) is 39.4 Å². The molecule has 0 aromatic carbocycles. The quantitative estimate of drug-likeness (QED) is 0.449. The molecule has 1 rings (SSSR count). The molecule has 0 fully saturated rings. The molecular formula is C11H17BrN2O2S. The number of aromatic nitrogens is 1. The molecule has 96 valence electrons. The minimum Gasteiger partial charge on any atom is -0.395 e. The van der Waals surface area contributed by atoms with E-state index in [9.17, 15) is 0 Å². The molecule has 1 aromatic heterocycles. The second-order valence-electron chi connectivity index (χ2n) is 3.45. The Morgan fingerprint density at radius 1 is 1.53 bits per heavy atom. The van der Waals surface area contributed by atoms with E-state index in [0.29, 0.717) is 6.61 Å². The van der Waals surface area contributed by atoms with E-state index in [2.05, 4.69) is 33.2 Å². The van der Waals surface area contributed by atoms with Crippen LogP contribution in [0.5, 0.6) is 0 Å². The second-order valence-corrected chi connectivity index (χ2v) is 5.25. The Hall–Kier alpha value is -0.490. The second kappa shape index (κ2) is 7.76. The molecule has 1 heterocycles. The Bertz CT molecular complexity index is 360. The lowest BCUT2D eigenvalue weighted by molar-refractivity contribution is 0.159. The van der Waals surface area contributed by atoms with Gasteiger partial charge in [-0.2, -0.15) is 0 Å². The van der Waals surface area contributed by atoms with Gasteiger partial charge in [-0.05, 0) is 42.6 Å². The van der Waals surface area contributed by atoms with Crippen LogP contribution >= 0.6 is 27.7 Å². The SMILES string of the molecule is CCC/C(=N\OCC)SCc1c(Br)noc1C. The summed E-state index contributed by atoms with van der Waals surface area (Å²) < 4.78 is 5.86. The normalized spacial score (nSPS) is 11.9. The highest BCUT2D eigenvalue weighted by atomic mass is 79.9. The van der Waals surface area contributed by atoms with Gasteiger partial charge in [-0.15, -0.1) is 11.8 Å². The first-order valence-corrected chi connectivity index (χ1v) is 7.39. The lowest BCUT2D eigenvalue weighted by atomic mass is 10.3. The molecule has 0 atom stereocenters. The van der Waals surface area contributed by atoms with Crippen LogP contribution in [0, 0.1) is 6.92 Å². The number of halogens is 1. The average Bonchev–Trinajstić information content (AvgIpc) is 2.63. The van der Waals surface area contributed by atoms with E-state index < -0.39 is 0 Å². The van der Waals surface area contributed by atoms with Crippen LogP contribution in [0.1, 0.15) is 38.0 Å². The molecule has 0 unspecified atom stereocenters. The molecule has 0 amide bonds. The summed E-state index contributed by atoms with van der Waals surface area (Å²) in [4.78, 5) is 5.09. The summed E-state index contributed by atoms with van der Waals surface area (Å²) in [6, 6.07) is 0. The van der Waals surface area contributed by atoms with Crippen molar-refractivity contribution in [1.82, 2.24) is 5.16 Å². The van der Waals surface area contributed by atoms with Crippen molar-refractivity contribution in [2.75, 3.05) is 6.61 Å². The first kappa shape index (κ1) is 14.6. The van der Waals surface area contributed by atoms with Crippen LogP contribution in [0.15, 0.2) is 14.3 Å². The molecule has 0 aliphatic heterocycles. The van der Waals surface area contributed by atoms with Gasteiger partial charge in [-0.1, -0.05) is 17.2 Å². The van der Waals surface area contributed by atoms with E-state index in [-0.39, 0.29) is 0 Å². The third-order valence-electron chi connectivity index (χ3n) is 2.08. The third kappa shape index (κ3) is 4.71. The maximum Gasteiger partial charge on any atom is 0.153 e. The highest BCUT2D eigenvalue weighted by Gasteiger charge is 2.12. The summed E-state index contributed by atoms with van der Waals surface area (Å²) in [7, 11) is 0. The van der Waals surface area contributed by atoms with Crippen LogP contribution in [0.4, 0.5) is 0 Å². The molecule has 0 bridgehead atoms. The van der Waals surface area contributed by atoms with E-state index in [0.717, 1.165) is 39.6 Å². The van der Waals surface area contributed by atoms with E-state index in [1.165, 1.54) is 0 Å². The van der Waals surface area contributed by atoms with Gasteiger partial charge in [0.1, 0.15) is 17.4 Å². The number of nitrogens with zero attached hydrogens (tertiary/aromatic N) is 2. The standard InChI is InChI=1S/C11H17BrN2O2S/c1-4-6-10(13-15-5-2)17-7-9-8(3)16-14-11(9)12/h4-7H2,1-3H3/b13-10+. The van der Waals surface area contributed by atoms with Crippen LogP contribution < -0.4 is 0 Å². The first-order chi connectivity index (χ1) is 8.19. The van der Waals surface area contributed by atoms with E-state index in [4.69, 9.17) is 9.36 Å². The van der Waals surface area contributed by atoms with Gasteiger partial charge in [0.25, 0.3) is 0 Å². The average molecular weight is 321 g/mol. The minimum absolute atomic E-state index is 0.601. The molecule has 0 spiro atoms. The fourth-order valence-corrected chi connectivity index (χ4v) is 2.96. The van der Waals surface area contributed by atoms with Crippen LogP contribution in [0.25, 0.3) is 0 Å². The maximum atomic E-state index is 5.09. The zero-order valence-electron chi connectivity index (χ0n) is 10.3. The van der Waals surface area contributed by atoms with E-state index >= 15 is 0 Å². The van der Waals surface area contributed by atoms with Crippen molar-refractivity contribution < 1.29 is 9.36 Å². The summed E-state index contributed by atoms with van der Waals surface area (Å²) in [5.41, 5.74) is 1.08. The largest absolute Gasteiger partial charge is 0.395 e. The van der Waals surface area contributed by atoms with E-state index in [1.54, 1.807) is 11.8 Å². The summed E-state index contributed by atoms with van der Waals surface area (Å²) in [6.45, 7) is 6.57. The third-order valence-corrected chi connectivity index (χ3v) is 3.75. The predicted octanol–water partition coefficient (Wildman–Crippen LogP) is 4.13. The number of hydrogen-bond donors (Lipinski definition) is 0. The Morgan fingerprint density at radius 3 is 2.82 bits per heavy atom. The van der Waals surface area contributed by atoms with Crippen LogP contribution in [-0.4, -0.2) is 16.8 Å².